The molecule has 3 heterocycles. The lowest BCUT2D eigenvalue weighted by Gasteiger charge is -2.41. The predicted octanol–water partition coefficient (Wildman–Crippen LogP) is 3.01. The van der Waals surface area contributed by atoms with Gasteiger partial charge < -0.3 is 9.80 Å². The van der Waals surface area contributed by atoms with E-state index in [2.05, 4.69) is 27.3 Å². The van der Waals surface area contributed by atoms with Crippen LogP contribution in [0, 0.1) is 0 Å². The molecule has 2 saturated heterocycles. The van der Waals surface area contributed by atoms with Gasteiger partial charge in [-0.1, -0.05) is 30.3 Å². The number of thiazole rings is 1. The highest BCUT2D eigenvalue weighted by Crippen LogP contribution is 2.33. The predicted molar refractivity (Wildman–Crippen MR) is 89.1 cm³/mol. The second-order valence-electron chi connectivity index (χ2n) is 6.04. The van der Waals surface area contributed by atoms with Gasteiger partial charge in [-0.15, -0.1) is 11.3 Å². The van der Waals surface area contributed by atoms with Crippen molar-refractivity contribution in [3.05, 3.63) is 35.7 Å². The van der Waals surface area contributed by atoms with Crippen molar-refractivity contribution in [3.63, 3.8) is 0 Å². The molecule has 5 heteroatoms. The van der Waals surface area contributed by atoms with Crippen molar-refractivity contribution in [1.82, 2.24) is 9.88 Å². The van der Waals surface area contributed by atoms with E-state index in [1.807, 2.05) is 25.1 Å². The Hall–Kier alpha value is -1.88. The Morgan fingerprint density at radius 3 is 2.86 bits per heavy atom. The van der Waals surface area contributed by atoms with Crippen LogP contribution in [0.3, 0.4) is 0 Å². The van der Waals surface area contributed by atoms with Gasteiger partial charge in [-0.25, -0.2) is 4.98 Å². The summed E-state index contributed by atoms with van der Waals surface area (Å²) in [6.45, 7) is 3.84. The third-order valence-corrected chi connectivity index (χ3v) is 5.58. The smallest absolute Gasteiger partial charge is 0.245 e. The molecule has 4 nitrogen and oxygen atoms in total. The number of rotatable bonds is 2. The quantitative estimate of drug-likeness (QED) is 0.855. The van der Waals surface area contributed by atoms with Crippen molar-refractivity contribution >= 4 is 22.4 Å². The van der Waals surface area contributed by atoms with Gasteiger partial charge in [0.15, 0.2) is 5.13 Å². The zero-order chi connectivity index (χ0) is 15.1. The van der Waals surface area contributed by atoms with Gasteiger partial charge in [0.1, 0.15) is 6.04 Å². The first-order valence-corrected chi connectivity index (χ1v) is 8.70. The van der Waals surface area contributed by atoms with Crippen LogP contribution in [0.4, 0.5) is 5.13 Å². The van der Waals surface area contributed by atoms with Crippen LogP contribution in [-0.2, 0) is 4.79 Å². The van der Waals surface area contributed by atoms with Gasteiger partial charge in [0, 0.05) is 30.1 Å². The topological polar surface area (TPSA) is 36.4 Å². The van der Waals surface area contributed by atoms with Gasteiger partial charge in [-0.3, -0.25) is 4.79 Å². The molecule has 0 radical (unpaired) electrons. The number of benzene rings is 1. The minimum absolute atomic E-state index is 0.107. The molecule has 0 bridgehead atoms. The number of carbonyl (C=O) groups excluding carboxylic acids is 1. The Labute approximate surface area is 134 Å². The third-order valence-electron chi connectivity index (χ3n) is 4.70. The number of anilines is 1. The monoisotopic (exact) mass is 313 g/mol. The summed E-state index contributed by atoms with van der Waals surface area (Å²) >= 11 is 1.63. The van der Waals surface area contributed by atoms with E-state index in [4.69, 9.17) is 4.98 Å². The summed E-state index contributed by atoms with van der Waals surface area (Å²) in [5.41, 5.74) is 2.12. The van der Waals surface area contributed by atoms with E-state index in [1.165, 1.54) is 0 Å². The number of fused-ring (bicyclic) bond motifs is 1. The highest BCUT2D eigenvalue weighted by molar-refractivity contribution is 7.14. The standard InChI is InChI=1S/C17H19N3OS/c1-12-16(21)19-9-5-8-14(19)10-20(12)17-18-15(11-22-17)13-6-3-2-4-7-13/h2-4,6-7,11-12,14H,5,8-10H2,1H3/t12-,14+/m1/s1. The fraction of sp³-hybridized carbons (Fsp3) is 0.412. The highest BCUT2D eigenvalue weighted by Gasteiger charge is 2.41. The van der Waals surface area contributed by atoms with Crippen LogP contribution in [0.2, 0.25) is 0 Å². The normalized spacial score (nSPS) is 24.7. The molecule has 0 unspecified atom stereocenters. The SMILES string of the molecule is C[C@@H]1C(=O)N2CCC[C@H]2CN1c1nc(-c2ccccc2)cs1. The van der Waals surface area contributed by atoms with E-state index in [1.54, 1.807) is 11.3 Å². The van der Waals surface area contributed by atoms with Crippen molar-refractivity contribution in [2.45, 2.75) is 31.8 Å². The molecule has 2 atom stereocenters. The first-order valence-electron chi connectivity index (χ1n) is 7.82. The van der Waals surface area contributed by atoms with Crippen LogP contribution < -0.4 is 4.90 Å². The molecule has 0 N–H and O–H groups in total. The molecule has 4 rings (SSSR count). The van der Waals surface area contributed by atoms with Gasteiger partial charge in [0.05, 0.1) is 5.69 Å². The van der Waals surface area contributed by atoms with Crippen LogP contribution in [-0.4, -0.2) is 41.0 Å². The number of aromatic nitrogens is 1. The highest BCUT2D eigenvalue weighted by atomic mass is 32.1. The third kappa shape index (κ3) is 2.20. The van der Waals surface area contributed by atoms with Crippen molar-refractivity contribution in [3.8, 4) is 11.3 Å². The summed E-state index contributed by atoms with van der Waals surface area (Å²) in [6.07, 6.45) is 2.25. The molecule has 114 valence electrons. The van der Waals surface area contributed by atoms with Crippen LogP contribution in [0.1, 0.15) is 19.8 Å². The summed E-state index contributed by atoms with van der Waals surface area (Å²) in [7, 11) is 0. The Kier molecular flexibility index (Phi) is 3.37. The molecule has 22 heavy (non-hydrogen) atoms. The zero-order valence-electron chi connectivity index (χ0n) is 12.6. The van der Waals surface area contributed by atoms with Gasteiger partial charge in [-0.2, -0.15) is 0 Å². The lowest BCUT2D eigenvalue weighted by molar-refractivity contribution is -0.134. The molecule has 2 fully saturated rings. The Bertz CT molecular complexity index is 684. The van der Waals surface area contributed by atoms with E-state index in [9.17, 15) is 4.79 Å². The van der Waals surface area contributed by atoms with Crippen molar-refractivity contribution in [1.29, 1.82) is 0 Å². The summed E-state index contributed by atoms with van der Waals surface area (Å²) in [5.74, 6) is 0.255. The number of hydrogen-bond donors (Lipinski definition) is 0. The lowest BCUT2D eigenvalue weighted by Crippen LogP contribution is -2.58. The molecule has 2 aromatic rings. The fourth-order valence-corrected chi connectivity index (χ4v) is 4.38. The molecule has 0 saturated carbocycles. The Morgan fingerprint density at radius 1 is 1.23 bits per heavy atom. The lowest BCUT2D eigenvalue weighted by atomic mass is 10.1. The molecular weight excluding hydrogens is 294 g/mol. The Morgan fingerprint density at radius 2 is 2.05 bits per heavy atom. The number of carbonyl (C=O) groups is 1. The van der Waals surface area contributed by atoms with Crippen LogP contribution in [0.25, 0.3) is 11.3 Å². The molecule has 2 aliphatic heterocycles. The maximum atomic E-state index is 12.5. The first-order chi connectivity index (χ1) is 10.7. The van der Waals surface area contributed by atoms with E-state index >= 15 is 0 Å². The van der Waals surface area contributed by atoms with Gasteiger partial charge >= 0.3 is 0 Å². The second-order valence-corrected chi connectivity index (χ2v) is 6.87. The molecule has 1 aromatic heterocycles. The van der Waals surface area contributed by atoms with Gasteiger partial charge in [0.2, 0.25) is 5.91 Å². The van der Waals surface area contributed by atoms with Gasteiger partial charge in [-0.05, 0) is 19.8 Å². The number of hydrogen-bond acceptors (Lipinski definition) is 4. The summed E-state index contributed by atoms with van der Waals surface area (Å²) in [6, 6.07) is 10.5. The maximum Gasteiger partial charge on any atom is 0.245 e. The zero-order valence-corrected chi connectivity index (χ0v) is 13.4. The van der Waals surface area contributed by atoms with Crippen molar-refractivity contribution in [2.24, 2.45) is 0 Å². The minimum atomic E-state index is -0.107. The first kappa shape index (κ1) is 13.8. The van der Waals surface area contributed by atoms with Crippen molar-refractivity contribution in [2.75, 3.05) is 18.0 Å². The Balaban J connectivity index is 1.62. The molecule has 0 aliphatic carbocycles. The van der Waals surface area contributed by atoms with Crippen molar-refractivity contribution < 1.29 is 4.79 Å². The largest absolute Gasteiger partial charge is 0.336 e. The molecule has 0 spiro atoms. The van der Waals surface area contributed by atoms with Gasteiger partial charge in [0.25, 0.3) is 0 Å². The fourth-order valence-electron chi connectivity index (χ4n) is 3.46. The molecule has 1 amide bonds. The number of piperazine rings is 1. The average molecular weight is 313 g/mol. The van der Waals surface area contributed by atoms with E-state index in [0.29, 0.717) is 6.04 Å². The van der Waals surface area contributed by atoms with E-state index in [-0.39, 0.29) is 11.9 Å². The average Bonchev–Trinajstić information content (AvgIpc) is 3.20. The summed E-state index contributed by atoms with van der Waals surface area (Å²) in [4.78, 5) is 21.6. The molecule has 1 aromatic carbocycles. The second kappa shape index (κ2) is 5.39. The molecule has 2 aliphatic rings. The van der Waals surface area contributed by atoms with Crippen LogP contribution in [0.15, 0.2) is 35.7 Å². The maximum absolute atomic E-state index is 12.5. The van der Waals surface area contributed by atoms with Crippen LogP contribution >= 0.6 is 11.3 Å². The number of nitrogens with zero attached hydrogens (tertiary/aromatic N) is 3. The van der Waals surface area contributed by atoms with Crippen LogP contribution in [0.5, 0.6) is 0 Å². The van der Waals surface area contributed by atoms with E-state index in [0.717, 1.165) is 42.3 Å². The van der Waals surface area contributed by atoms with E-state index < -0.39 is 0 Å². The molecular formula is C17H19N3OS. The number of amides is 1. The summed E-state index contributed by atoms with van der Waals surface area (Å²) in [5, 5.41) is 3.05. The summed E-state index contributed by atoms with van der Waals surface area (Å²) < 4.78 is 0. The minimum Gasteiger partial charge on any atom is -0.336 e.